The molecule has 6 heteroatoms. The number of aromatic nitrogens is 1. The number of hydrogen-bond donors (Lipinski definition) is 2. The average Bonchev–Trinajstić information content (AvgIpc) is 2.69. The maximum atomic E-state index is 12.0. The molecule has 0 spiro atoms. The van der Waals surface area contributed by atoms with E-state index < -0.39 is 0 Å². The molecule has 2 amide bonds. The lowest BCUT2D eigenvalue weighted by Crippen LogP contribution is -2.39. The molecule has 0 unspecified atom stereocenters. The Hall–Kier alpha value is -2.60. The number of benzene rings is 1. The van der Waals surface area contributed by atoms with E-state index in [0.717, 1.165) is 36.8 Å². The summed E-state index contributed by atoms with van der Waals surface area (Å²) in [6.07, 6.45) is 5.60. The molecular formula is C20H26N4O2. The van der Waals surface area contributed by atoms with Crippen LogP contribution in [0.5, 0.6) is 5.75 Å². The van der Waals surface area contributed by atoms with Crippen molar-refractivity contribution in [1.29, 1.82) is 0 Å². The van der Waals surface area contributed by atoms with Crippen molar-refractivity contribution < 1.29 is 9.53 Å². The number of pyridine rings is 1. The Morgan fingerprint density at radius 1 is 1.08 bits per heavy atom. The van der Waals surface area contributed by atoms with E-state index in [1.165, 1.54) is 19.3 Å². The average molecular weight is 354 g/mol. The smallest absolute Gasteiger partial charge is 0.319 e. The lowest BCUT2D eigenvalue weighted by atomic mass is 10.1. The molecule has 0 bridgehead atoms. The van der Waals surface area contributed by atoms with Gasteiger partial charge in [-0.25, -0.2) is 4.79 Å². The van der Waals surface area contributed by atoms with Gasteiger partial charge in [0, 0.05) is 25.0 Å². The van der Waals surface area contributed by atoms with Gasteiger partial charge in [-0.3, -0.25) is 4.98 Å². The molecule has 0 saturated carbocycles. The summed E-state index contributed by atoms with van der Waals surface area (Å²) in [6, 6.07) is 12.9. The first-order valence-electron chi connectivity index (χ1n) is 9.19. The van der Waals surface area contributed by atoms with Crippen LogP contribution < -0.4 is 15.4 Å². The van der Waals surface area contributed by atoms with Gasteiger partial charge in [0.1, 0.15) is 12.4 Å². The molecule has 1 aromatic heterocycles. The number of nitrogens with zero attached hydrogens (tertiary/aromatic N) is 2. The maximum absolute atomic E-state index is 12.0. The van der Waals surface area contributed by atoms with Crippen LogP contribution in [-0.2, 0) is 6.61 Å². The van der Waals surface area contributed by atoms with Gasteiger partial charge in [0.25, 0.3) is 0 Å². The van der Waals surface area contributed by atoms with Crippen molar-refractivity contribution in [3.05, 3.63) is 54.4 Å². The number of ether oxygens (including phenoxy) is 1. The summed E-state index contributed by atoms with van der Waals surface area (Å²) in [7, 11) is 0. The van der Waals surface area contributed by atoms with Gasteiger partial charge in [-0.05, 0) is 62.3 Å². The molecule has 0 aliphatic carbocycles. The van der Waals surface area contributed by atoms with Gasteiger partial charge in [-0.15, -0.1) is 0 Å². The van der Waals surface area contributed by atoms with Crippen LogP contribution in [0.3, 0.4) is 0 Å². The summed E-state index contributed by atoms with van der Waals surface area (Å²) in [6.45, 7) is 4.28. The van der Waals surface area contributed by atoms with Crippen molar-refractivity contribution in [3.8, 4) is 5.75 Å². The Balaban J connectivity index is 1.37. The van der Waals surface area contributed by atoms with E-state index in [0.29, 0.717) is 13.2 Å². The van der Waals surface area contributed by atoms with E-state index in [1.54, 1.807) is 6.20 Å². The molecule has 1 aliphatic rings. The molecule has 1 aromatic carbocycles. The number of amides is 2. The molecule has 1 fully saturated rings. The topological polar surface area (TPSA) is 66.5 Å². The van der Waals surface area contributed by atoms with E-state index in [9.17, 15) is 4.79 Å². The highest BCUT2D eigenvalue weighted by molar-refractivity contribution is 5.89. The van der Waals surface area contributed by atoms with Gasteiger partial charge in [-0.2, -0.15) is 0 Å². The lowest BCUT2D eigenvalue weighted by molar-refractivity contribution is 0.224. The fraction of sp³-hybridized carbons (Fsp3) is 0.400. The number of hydrogen-bond acceptors (Lipinski definition) is 4. The van der Waals surface area contributed by atoms with E-state index in [2.05, 4.69) is 20.5 Å². The van der Waals surface area contributed by atoms with Crippen molar-refractivity contribution >= 4 is 11.7 Å². The Morgan fingerprint density at radius 2 is 1.88 bits per heavy atom. The van der Waals surface area contributed by atoms with Gasteiger partial charge >= 0.3 is 6.03 Å². The number of piperidine rings is 1. The second-order valence-corrected chi connectivity index (χ2v) is 6.42. The summed E-state index contributed by atoms with van der Waals surface area (Å²) in [5, 5.41) is 5.75. The second-order valence-electron chi connectivity index (χ2n) is 6.42. The molecule has 1 aliphatic heterocycles. The molecule has 2 aromatic rings. The van der Waals surface area contributed by atoms with Crippen molar-refractivity contribution in [2.45, 2.75) is 25.9 Å². The van der Waals surface area contributed by atoms with Gasteiger partial charge in [0.2, 0.25) is 0 Å². The van der Waals surface area contributed by atoms with Gasteiger partial charge in [0.05, 0.1) is 5.69 Å². The van der Waals surface area contributed by atoms with Crippen LogP contribution in [-0.4, -0.2) is 42.1 Å². The number of carbonyl (C=O) groups excluding carboxylic acids is 1. The zero-order valence-electron chi connectivity index (χ0n) is 15.0. The zero-order chi connectivity index (χ0) is 18.0. The molecule has 3 rings (SSSR count). The van der Waals surface area contributed by atoms with E-state index in [1.807, 2.05) is 42.5 Å². The third kappa shape index (κ3) is 6.04. The molecule has 26 heavy (non-hydrogen) atoms. The fourth-order valence-electron chi connectivity index (χ4n) is 2.96. The molecule has 6 nitrogen and oxygen atoms in total. The SMILES string of the molecule is O=C(NCCN1CCCCC1)Nc1ccc(OCc2ccccn2)cc1. The van der Waals surface area contributed by atoms with Crippen LogP contribution in [0.1, 0.15) is 25.0 Å². The summed E-state index contributed by atoms with van der Waals surface area (Å²) in [5.41, 5.74) is 1.62. The standard InChI is InChI=1S/C20H26N4O2/c25-20(22-12-15-24-13-4-1-5-14-24)23-17-7-9-19(10-8-17)26-16-18-6-2-3-11-21-18/h2-3,6-11H,1,4-5,12-16H2,(H2,22,23,25). The van der Waals surface area contributed by atoms with Crippen LogP contribution in [0.4, 0.5) is 10.5 Å². The minimum Gasteiger partial charge on any atom is -0.487 e. The zero-order valence-corrected chi connectivity index (χ0v) is 15.0. The molecule has 1 saturated heterocycles. The summed E-state index contributed by atoms with van der Waals surface area (Å²) in [5.74, 6) is 0.742. The number of urea groups is 1. The van der Waals surface area contributed by atoms with Crippen molar-refractivity contribution in [1.82, 2.24) is 15.2 Å². The van der Waals surface area contributed by atoms with Gasteiger partial charge in [0.15, 0.2) is 0 Å². The number of likely N-dealkylation sites (tertiary alicyclic amines) is 1. The number of anilines is 1. The third-order valence-corrected chi connectivity index (χ3v) is 4.39. The highest BCUT2D eigenvalue weighted by Gasteiger charge is 2.10. The normalized spacial score (nSPS) is 14.6. The molecule has 2 heterocycles. The minimum absolute atomic E-state index is 0.177. The summed E-state index contributed by atoms with van der Waals surface area (Å²) >= 11 is 0. The van der Waals surface area contributed by atoms with Crippen LogP contribution >= 0.6 is 0 Å². The first kappa shape index (κ1) is 18.2. The van der Waals surface area contributed by atoms with E-state index in [-0.39, 0.29) is 6.03 Å². The van der Waals surface area contributed by atoms with Crippen LogP contribution in [0.2, 0.25) is 0 Å². The molecule has 0 radical (unpaired) electrons. The summed E-state index contributed by atoms with van der Waals surface area (Å²) in [4.78, 5) is 18.6. The molecule has 2 N–H and O–H groups in total. The fourth-order valence-corrected chi connectivity index (χ4v) is 2.96. The van der Waals surface area contributed by atoms with E-state index in [4.69, 9.17) is 4.74 Å². The number of carbonyl (C=O) groups is 1. The number of nitrogens with one attached hydrogen (secondary N) is 2. The molecular weight excluding hydrogens is 328 g/mol. The van der Waals surface area contributed by atoms with Gasteiger partial charge in [-0.1, -0.05) is 12.5 Å². The predicted molar refractivity (Wildman–Crippen MR) is 102 cm³/mol. The van der Waals surface area contributed by atoms with Crippen molar-refractivity contribution in [3.63, 3.8) is 0 Å². The highest BCUT2D eigenvalue weighted by Crippen LogP contribution is 2.16. The quantitative estimate of drug-likeness (QED) is 0.801. The minimum atomic E-state index is -0.177. The Labute approximate surface area is 154 Å². The number of rotatable bonds is 7. The van der Waals surface area contributed by atoms with Crippen molar-refractivity contribution in [2.75, 3.05) is 31.5 Å². The maximum Gasteiger partial charge on any atom is 0.319 e. The van der Waals surface area contributed by atoms with Gasteiger partial charge < -0.3 is 20.3 Å². The Kier molecular flexibility index (Phi) is 6.84. The first-order chi connectivity index (χ1) is 12.8. The van der Waals surface area contributed by atoms with Crippen LogP contribution in [0.25, 0.3) is 0 Å². The monoisotopic (exact) mass is 354 g/mol. The first-order valence-corrected chi connectivity index (χ1v) is 9.19. The second kappa shape index (κ2) is 9.77. The van der Waals surface area contributed by atoms with Crippen molar-refractivity contribution in [2.24, 2.45) is 0 Å². The highest BCUT2D eigenvalue weighted by atomic mass is 16.5. The predicted octanol–water partition coefficient (Wildman–Crippen LogP) is 3.27. The molecule has 0 atom stereocenters. The lowest BCUT2D eigenvalue weighted by Gasteiger charge is -2.26. The van der Waals surface area contributed by atoms with Crippen LogP contribution in [0, 0.1) is 0 Å². The Morgan fingerprint density at radius 3 is 2.62 bits per heavy atom. The largest absolute Gasteiger partial charge is 0.487 e. The summed E-state index contributed by atoms with van der Waals surface area (Å²) < 4.78 is 5.69. The van der Waals surface area contributed by atoms with Crippen LogP contribution in [0.15, 0.2) is 48.7 Å². The Bertz CT molecular complexity index is 670. The van der Waals surface area contributed by atoms with E-state index >= 15 is 0 Å². The third-order valence-electron chi connectivity index (χ3n) is 4.39. The molecule has 138 valence electrons.